The van der Waals surface area contributed by atoms with Crippen molar-refractivity contribution in [1.29, 1.82) is 0 Å². The van der Waals surface area contributed by atoms with Gasteiger partial charge in [-0.25, -0.2) is 0 Å². The summed E-state index contributed by atoms with van der Waals surface area (Å²) in [6, 6.07) is 0. The molecule has 1 aromatic rings. The molecule has 2 fully saturated rings. The Morgan fingerprint density at radius 2 is 2.19 bits per heavy atom. The lowest BCUT2D eigenvalue weighted by molar-refractivity contribution is -0.0370. The number of aromatic nitrogens is 3. The topological polar surface area (TPSA) is 67.6 Å². The Labute approximate surface area is 179 Å². The molecule has 2 saturated heterocycles. The number of aliphatic imine (C=N–C) groups is 1. The first-order chi connectivity index (χ1) is 12.7. The van der Waals surface area contributed by atoms with Gasteiger partial charge in [-0.05, 0) is 44.9 Å². The smallest absolute Gasteiger partial charge is 0.193 e. The van der Waals surface area contributed by atoms with Crippen molar-refractivity contribution in [2.45, 2.75) is 52.0 Å². The van der Waals surface area contributed by atoms with E-state index in [-0.39, 0.29) is 24.0 Å². The van der Waals surface area contributed by atoms with Gasteiger partial charge in [-0.15, -0.1) is 34.2 Å². The summed E-state index contributed by atoms with van der Waals surface area (Å²) in [5.74, 6) is 3.83. The molecule has 27 heavy (non-hydrogen) atoms. The second-order valence-corrected chi connectivity index (χ2v) is 8.29. The Balaban J connectivity index is 0.00000210. The number of nitrogens with zero attached hydrogens (tertiary/aromatic N) is 5. The lowest BCUT2D eigenvalue weighted by Crippen LogP contribution is -2.53. The predicted octanol–water partition coefficient (Wildman–Crippen LogP) is 2.23. The van der Waals surface area contributed by atoms with Gasteiger partial charge in [-0.1, -0.05) is 0 Å². The van der Waals surface area contributed by atoms with E-state index in [0.29, 0.717) is 11.3 Å². The van der Waals surface area contributed by atoms with E-state index in [1.165, 1.54) is 32.1 Å². The van der Waals surface area contributed by atoms with Gasteiger partial charge in [0.15, 0.2) is 5.96 Å². The number of aryl methyl sites for hydroxylation is 2. The average molecular weight is 488 g/mol. The largest absolute Gasteiger partial charge is 0.381 e. The summed E-state index contributed by atoms with van der Waals surface area (Å²) >= 11 is 0. The number of hydrogen-bond acceptors (Lipinski definition) is 4. The number of fused-ring (bicyclic) bond motifs is 1. The zero-order valence-electron chi connectivity index (χ0n) is 16.6. The SMILES string of the molecule is CN=C(NCC1CCc2nnc(C)n2C1)N1CCCC2(CCCOC2)C1.I. The molecule has 0 radical (unpaired) electrons. The maximum absolute atomic E-state index is 5.81. The fraction of sp³-hybridized carbons (Fsp3) is 0.842. The molecule has 8 heteroatoms. The van der Waals surface area contributed by atoms with E-state index in [1.807, 2.05) is 14.0 Å². The number of nitrogens with one attached hydrogen (secondary N) is 1. The van der Waals surface area contributed by atoms with E-state index in [9.17, 15) is 0 Å². The molecule has 3 aliphatic rings. The van der Waals surface area contributed by atoms with Gasteiger partial charge >= 0.3 is 0 Å². The number of likely N-dealkylation sites (tertiary alicyclic amines) is 1. The fourth-order valence-corrected chi connectivity index (χ4v) is 4.89. The van der Waals surface area contributed by atoms with Crippen LogP contribution >= 0.6 is 24.0 Å². The molecule has 1 N–H and O–H groups in total. The van der Waals surface area contributed by atoms with Crippen LogP contribution in [0.1, 0.15) is 43.8 Å². The Kier molecular flexibility index (Phi) is 6.99. The van der Waals surface area contributed by atoms with Crippen molar-refractivity contribution in [2.24, 2.45) is 16.3 Å². The minimum atomic E-state index is 0. The fourth-order valence-electron chi connectivity index (χ4n) is 4.89. The molecule has 2 atom stereocenters. The van der Waals surface area contributed by atoms with Crippen LogP contribution in [0.3, 0.4) is 0 Å². The Bertz CT molecular complexity index is 649. The van der Waals surface area contributed by atoms with Gasteiger partial charge in [0.05, 0.1) is 6.61 Å². The molecule has 4 rings (SSSR count). The van der Waals surface area contributed by atoms with Crippen molar-refractivity contribution in [2.75, 3.05) is 39.9 Å². The molecule has 0 aromatic carbocycles. The first-order valence-corrected chi connectivity index (χ1v) is 10.1. The summed E-state index contributed by atoms with van der Waals surface area (Å²) in [5, 5.41) is 12.1. The molecule has 0 bridgehead atoms. The van der Waals surface area contributed by atoms with E-state index >= 15 is 0 Å². The van der Waals surface area contributed by atoms with Gasteiger partial charge in [0, 0.05) is 51.7 Å². The van der Waals surface area contributed by atoms with Crippen molar-refractivity contribution in [3.63, 3.8) is 0 Å². The molecule has 152 valence electrons. The monoisotopic (exact) mass is 488 g/mol. The van der Waals surface area contributed by atoms with E-state index in [4.69, 9.17) is 4.74 Å². The van der Waals surface area contributed by atoms with Gasteiger partial charge in [0.25, 0.3) is 0 Å². The van der Waals surface area contributed by atoms with Crippen LogP contribution in [-0.4, -0.2) is 65.5 Å². The minimum absolute atomic E-state index is 0. The minimum Gasteiger partial charge on any atom is -0.381 e. The first kappa shape index (κ1) is 20.8. The molecule has 0 aliphatic carbocycles. The molecule has 2 unspecified atom stereocenters. The van der Waals surface area contributed by atoms with Crippen LogP contribution in [0.2, 0.25) is 0 Å². The highest BCUT2D eigenvalue weighted by molar-refractivity contribution is 14.0. The molecule has 0 saturated carbocycles. The molecule has 1 spiro atoms. The Morgan fingerprint density at radius 3 is 2.96 bits per heavy atom. The van der Waals surface area contributed by atoms with Crippen LogP contribution in [0, 0.1) is 18.3 Å². The Morgan fingerprint density at radius 1 is 1.33 bits per heavy atom. The summed E-state index contributed by atoms with van der Waals surface area (Å²) in [5.41, 5.74) is 0.341. The molecule has 4 heterocycles. The highest BCUT2D eigenvalue weighted by Gasteiger charge is 2.38. The highest BCUT2D eigenvalue weighted by atomic mass is 127. The van der Waals surface area contributed by atoms with E-state index in [1.54, 1.807) is 0 Å². The average Bonchev–Trinajstić information content (AvgIpc) is 3.04. The molecule has 3 aliphatic heterocycles. The standard InChI is InChI=1S/C19H32N6O.HI/c1-15-22-23-17-6-5-16(12-25(15)17)11-21-18(20-2)24-9-3-7-19(13-24)8-4-10-26-14-19;/h16H,3-14H2,1-2H3,(H,20,21);1H. The number of halogens is 1. The van der Waals surface area contributed by atoms with Gasteiger partial charge in [0.1, 0.15) is 11.6 Å². The lowest BCUT2D eigenvalue weighted by atomic mass is 9.76. The molecular formula is C19H33IN6O. The number of hydrogen-bond donors (Lipinski definition) is 1. The van der Waals surface area contributed by atoms with Crippen molar-refractivity contribution >= 4 is 29.9 Å². The zero-order chi connectivity index (χ0) is 18.0. The van der Waals surface area contributed by atoms with Gasteiger partial charge in [-0.3, -0.25) is 4.99 Å². The third-order valence-electron chi connectivity index (χ3n) is 6.35. The number of guanidine groups is 1. The summed E-state index contributed by atoms with van der Waals surface area (Å²) in [6.07, 6.45) is 7.20. The summed E-state index contributed by atoms with van der Waals surface area (Å²) in [4.78, 5) is 7.04. The molecule has 7 nitrogen and oxygen atoms in total. The highest BCUT2D eigenvalue weighted by Crippen LogP contribution is 2.37. The van der Waals surface area contributed by atoms with Crippen LogP contribution in [0.5, 0.6) is 0 Å². The molecule has 1 aromatic heterocycles. The second-order valence-electron chi connectivity index (χ2n) is 8.29. The van der Waals surface area contributed by atoms with Crippen molar-refractivity contribution < 1.29 is 4.74 Å². The second kappa shape index (κ2) is 9.07. The van der Waals surface area contributed by atoms with Crippen molar-refractivity contribution in [3.8, 4) is 0 Å². The van der Waals surface area contributed by atoms with E-state index in [2.05, 4.69) is 30.0 Å². The van der Waals surface area contributed by atoms with Crippen LogP contribution in [-0.2, 0) is 17.7 Å². The van der Waals surface area contributed by atoms with Crippen LogP contribution in [0.4, 0.5) is 0 Å². The predicted molar refractivity (Wildman–Crippen MR) is 117 cm³/mol. The number of piperidine rings is 1. The summed E-state index contributed by atoms with van der Waals surface area (Å²) in [7, 11) is 1.91. The zero-order valence-corrected chi connectivity index (χ0v) is 18.9. The number of rotatable bonds is 2. The normalized spacial score (nSPS) is 28.6. The molecular weight excluding hydrogens is 455 g/mol. The van der Waals surface area contributed by atoms with Gasteiger partial charge in [-0.2, -0.15) is 0 Å². The lowest BCUT2D eigenvalue weighted by Gasteiger charge is -2.45. The molecule has 0 amide bonds. The quantitative estimate of drug-likeness (QED) is 0.393. The van der Waals surface area contributed by atoms with E-state index in [0.717, 1.165) is 63.4 Å². The third kappa shape index (κ3) is 4.58. The van der Waals surface area contributed by atoms with Crippen molar-refractivity contribution in [3.05, 3.63) is 11.6 Å². The maximum Gasteiger partial charge on any atom is 0.193 e. The van der Waals surface area contributed by atoms with Crippen LogP contribution in [0.25, 0.3) is 0 Å². The summed E-state index contributed by atoms with van der Waals surface area (Å²) in [6.45, 7) is 8.04. The first-order valence-electron chi connectivity index (χ1n) is 10.1. The summed E-state index contributed by atoms with van der Waals surface area (Å²) < 4.78 is 8.09. The van der Waals surface area contributed by atoms with Gasteiger partial charge < -0.3 is 19.5 Å². The number of ether oxygens (including phenoxy) is 1. The Hall–Kier alpha value is -0.900. The maximum atomic E-state index is 5.81. The van der Waals surface area contributed by atoms with E-state index < -0.39 is 0 Å². The van der Waals surface area contributed by atoms with Crippen LogP contribution in [0.15, 0.2) is 4.99 Å². The van der Waals surface area contributed by atoms with Crippen molar-refractivity contribution in [1.82, 2.24) is 25.0 Å². The van der Waals surface area contributed by atoms with Gasteiger partial charge in [0.2, 0.25) is 0 Å². The van der Waals surface area contributed by atoms with Crippen LogP contribution < -0.4 is 5.32 Å². The third-order valence-corrected chi connectivity index (χ3v) is 6.35.